The number of rotatable bonds is 7. The number of carbonyl (C=O) groups excluding carboxylic acids is 1. The number of piperazine rings is 1. The normalized spacial score (nSPS) is 22.0. The summed E-state index contributed by atoms with van der Waals surface area (Å²) in [5.41, 5.74) is 1.43. The molecule has 1 heterocycles. The Bertz CT molecular complexity index is 414. The fraction of sp³-hybridized carbons (Fsp3) is 0.588. The first-order valence-electron chi connectivity index (χ1n) is 8.14. The third kappa shape index (κ3) is 5.86. The van der Waals surface area contributed by atoms with Gasteiger partial charge in [0.05, 0.1) is 26.1 Å². The molecule has 4 heteroatoms. The van der Waals surface area contributed by atoms with Gasteiger partial charge in [0.25, 0.3) is 0 Å². The Labute approximate surface area is 127 Å². The van der Waals surface area contributed by atoms with Crippen LogP contribution in [0.4, 0.5) is 0 Å². The molecule has 0 saturated carbocycles. The topological polar surface area (TPSA) is 35.2 Å². The molecule has 0 amide bonds. The molecule has 1 saturated heterocycles. The smallest absolute Gasteiger partial charge is 0.311 e. The molecule has 1 fully saturated rings. The summed E-state index contributed by atoms with van der Waals surface area (Å²) in [6.07, 6.45) is 1.72. The molecule has 2 rings (SSSR count). The van der Waals surface area contributed by atoms with Crippen LogP contribution in [0, 0.1) is 0 Å². The fourth-order valence-electron chi connectivity index (χ4n) is 2.93. The third-order valence-electron chi connectivity index (χ3n) is 4.26. The van der Waals surface area contributed by atoms with E-state index in [4.69, 9.17) is 4.74 Å². The maximum atomic E-state index is 11.4. The Morgan fingerprint density at radius 1 is 1.05 bits per heavy atom. The van der Waals surface area contributed by atoms with Crippen molar-refractivity contribution in [1.29, 1.82) is 0 Å². The lowest BCUT2D eigenvalue weighted by atomic mass is 10.1. The van der Waals surface area contributed by atoms with Crippen molar-refractivity contribution in [2.24, 2.45) is 0 Å². The Morgan fingerprint density at radius 3 is 2.29 bits per heavy atom. The molecular formula is C17H28N2O2+2. The molecule has 0 radical (unpaired) electrons. The van der Waals surface area contributed by atoms with Gasteiger partial charge in [0.15, 0.2) is 0 Å². The summed E-state index contributed by atoms with van der Waals surface area (Å²) >= 11 is 0. The van der Waals surface area contributed by atoms with Gasteiger partial charge in [-0.05, 0) is 12.5 Å². The highest BCUT2D eigenvalue weighted by atomic mass is 16.5. The summed E-state index contributed by atoms with van der Waals surface area (Å²) in [5, 5.41) is 0. The average molecular weight is 292 g/mol. The molecule has 1 aromatic rings. The van der Waals surface area contributed by atoms with Crippen LogP contribution in [-0.4, -0.2) is 51.8 Å². The molecule has 0 unspecified atom stereocenters. The zero-order chi connectivity index (χ0) is 14.9. The van der Waals surface area contributed by atoms with E-state index >= 15 is 0 Å². The molecule has 2 N–H and O–H groups in total. The van der Waals surface area contributed by atoms with E-state index in [0.717, 1.165) is 13.0 Å². The van der Waals surface area contributed by atoms with E-state index in [1.807, 2.05) is 6.92 Å². The number of nitrogens with one attached hydrogen (secondary N) is 2. The predicted molar refractivity (Wildman–Crippen MR) is 82.5 cm³/mol. The van der Waals surface area contributed by atoms with E-state index in [1.165, 1.54) is 38.3 Å². The Balaban J connectivity index is 1.61. The van der Waals surface area contributed by atoms with Gasteiger partial charge in [-0.15, -0.1) is 0 Å². The van der Waals surface area contributed by atoms with Crippen LogP contribution in [0.5, 0.6) is 0 Å². The minimum absolute atomic E-state index is 0.0520. The maximum Gasteiger partial charge on any atom is 0.311 e. The molecule has 1 aliphatic heterocycles. The Morgan fingerprint density at radius 2 is 1.67 bits per heavy atom. The number of ether oxygens (including phenoxy) is 1. The van der Waals surface area contributed by atoms with E-state index in [-0.39, 0.29) is 5.97 Å². The second-order valence-corrected chi connectivity index (χ2v) is 5.79. The predicted octanol–water partition coefficient (Wildman–Crippen LogP) is -1.03. The highest BCUT2D eigenvalue weighted by Gasteiger charge is 2.23. The largest absolute Gasteiger partial charge is 0.466 e. The van der Waals surface area contributed by atoms with E-state index in [1.54, 1.807) is 9.80 Å². The SMILES string of the molecule is CCOC(=O)CC[NH+]1CC[NH+](CCc2ccccc2)CC1. The first kappa shape index (κ1) is 16.0. The number of hydrogen-bond donors (Lipinski definition) is 2. The second kappa shape index (κ2) is 8.80. The lowest BCUT2D eigenvalue weighted by Gasteiger charge is -2.29. The highest BCUT2D eigenvalue weighted by Crippen LogP contribution is 1.97. The zero-order valence-corrected chi connectivity index (χ0v) is 13.1. The fourth-order valence-corrected chi connectivity index (χ4v) is 2.93. The van der Waals surface area contributed by atoms with E-state index in [0.29, 0.717) is 13.0 Å². The summed E-state index contributed by atoms with van der Waals surface area (Å²) in [5.74, 6) is -0.0520. The monoisotopic (exact) mass is 292 g/mol. The molecule has 0 spiro atoms. The van der Waals surface area contributed by atoms with Crippen LogP contribution in [0.25, 0.3) is 0 Å². The summed E-state index contributed by atoms with van der Waals surface area (Å²) in [6.45, 7) is 9.26. The number of esters is 1. The van der Waals surface area contributed by atoms with Crippen molar-refractivity contribution >= 4 is 5.97 Å². The van der Waals surface area contributed by atoms with Crippen molar-refractivity contribution in [1.82, 2.24) is 0 Å². The quantitative estimate of drug-likeness (QED) is 0.630. The summed E-state index contributed by atoms with van der Waals surface area (Å²) < 4.78 is 4.98. The van der Waals surface area contributed by atoms with E-state index in [2.05, 4.69) is 30.3 Å². The van der Waals surface area contributed by atoms with Crippen LogP contribution >= 0.6 is 0 Å². The lowest BCUT2D eigenvalue weighted by Crippen LogP contribution is -3.28. The van der Waals surface area contributed by atoms with E-state index < -0.39 is 0 Å². The molecule has 0 atom stereocenters. The van der Waals surface area contributed by atoms with Crippen LogP contribution in [-0.2, 0) is 16.0 Å². The summed E-state index contributed by atoms with van der Waals surface area (Å²) in [7, 11) is 0. The van der Waals surface area contributed by atoms with Crippen molar-refractivity contribution in [3.05, 3.63) is 35.9 Å². The van der Waals surface area contributed by atoms with Gasteiger partial charge in [0, 0.05) is 6.42 Å². The molecule has 116 valence electrons. The molecule has 4 nitrogen and oxygen atoms in total. The highest BCUT2D eigenvalue weighted by molar-refractivity contribution is 5.69. The van der Waals surface area contributed by atoms with Gasteiger partial charge in [0.2, 0.25) is 0 Å². The van der Waals surface area contributed by atoms with Crippen molar-refractivity contribution < 1.29 is 19.3 Å². The molecule has 0 aliphatic carbocycles. The van der Waals surface area contributed by atoms with E-state index in [9.17, 15) is 4.79 Å². The summed E-state index contributed by atoms with van der Waals surface area (Å²) in [4.78, 5) is 14.6. The van der Waals surface area contributed by atoms with Crippen LogP contribution in [0.3, 0.4) is 0 Å². The van der Waals surface area contributed by atoms with Crippen LogP contribution in [0.15, 0.2) is 30.3 Å². The maximum absolute atomic E-state index is 11.4. The van der Waals surface area contributed by atoms with Crippen molar-refractivity contribution in [2.45, 2.75) is 19.8 Å². The molecular weight excluding hydrogens is 264 g/mol. The first-order valence-corrected chi connectivity index (χ1v) is 8.14. The molecule has 0 bridgehead atoms. The standard InChI is InChI=1S/C17H26N2O2/c1-2-21-17(20)9-11-19-14-12-18(13-15-19)10-8-16-6-4-3-5-7-16/h3-7H,2,8-15H2,1H3/p+2. The van der Waals surface area contributed by atoms with Crippen molar-refractivity contribution in [2.75, 3.05) is 45.9 Å². The first-order chi connectivity index (χ1) is 10.3. The van der Waals surface area contributed by atoms with Gasteiger partial charge in [-0.25, -0.2) is 0 Å². The lowest BCUT2D eigenvalue weighted by molar-refractivity contribution is -1.01. The average Bonchev–Trinajstić information content (AvgIpc) is 2.53. The van der Waals surface area contributed by atoms with Gasteiger partial charge in [0.1, 0.15) is 26.2 Å². The van der Waals surface area contributed by atoms with Gasteiger partial charge in [-0.2, -0.15) is 0 Å². The number of quaternary nitrogens is 2. The van der Waals surface area contributed by atoms with Crippen molar-refractivity contribution in [3.8, 4) is 0 Å². The van der Waals surface area contributed by atoms with Gasteiger partial charge in [-0.1, -0.05) is 30.3 Å². The van der Waals surface area contributed by atoms with Gasteiger partial charge < -0.3 is 14.5 Å². The summed E-state index contributed by atoms with van der Waals surface area (Å²) in [6, 6.07) is 10.7. The number of hydrogen-bond acceptors (Lipinski definition) is 2. The minimum atomic E-state index is -0.0520. The molecule has 0 aromatic heterocycles. The van der Waals surface area contributed by atoms with Crippen LogP contribution in [0.2, 0.25) is 0 Å². The van der Waals surface area contributed by atoms with Crippen molar-refractivity contribution in [3.63, 3.8) is 0 Å². The Hall–Kier alpha value is -1.39. The minimum Gasteiger partial charge on any atom is -0.466 e. The second-order valence-electron chi connectivity index (χ2n) is 5.79. The Kier molecular flexibility index (Phi) is 6.70. The van der Waals surface area contributed by atoms with Crippen LogP contribution in [0.1, 0.15) is 18.9 Å². The molecule has 1 aliphatic rings. The van der Waals surface area contributed by atoms with Gasteiger partial charge >= 0.3 is 5.97 Å². The van der Waals surface area contributed by atoms with Crippen LogP contribution < -0.4 is 9.80 Å². The zero-order valence-electron chi connectivity index (χ0n) is 13.1. The van der Waals surface area contributed by atoms with Gasteiger partial charge in [-0.3, -0.25) is 4.79 Å². The molecule has 21 heavy (non-hydrogen) atoms. The number of benzene rings is 1. The number of carbonyl (C=O) groups is 1. The third-order valence-corrected chi connectivity index (χ3v) is 4.26. The molecule has 1 aromatic carbocycles.